The van der Waals surface area contributed by atoms with Crippen LogP contribution in [0, 0.1) is 22.7 Å². The van der Waals surface area contributed by atoms with E-state index in [9.17, 15) is 20.1 Å². The van der Waals surface area contributed by atoms with Gasteiger partial charge in [-0.1, -0.05) is 47.6 Å². The van der Waals surface area contributed by atoms with Crippen molar-refractivity contribution < 1.29 is 23.8 Å². The van der Waals surface area contributed by atoms with Crippen molar-refractivity contribution in [2.45, 2.75) is 56.0 Å². The number of hydrogen-bond donors (Lipinski definition) is 2. The first-order chi connectivity index (χ1) is 22.9. The Kier molecular flexibility index (Phi) is 12.4. The molecule has 1 unspecified atom stereocenters. The van der Waals surface area contributed by atoms with Gasteiger partial charge in [-0.25, -0.2) is 9.97 Å². The van der Waals surface area contributed by atoms with Crippen molar-refractivity contribution >= 4 is 52.5 Å². The average molecular weight is 705 g/mol. The monoisotopic (exact) mass is 704 g/mol. The highest BCUT2D eigenvalue weighted by atomic mass is 35.5. The predicted molar refractivity (Wildman–Crippen MR) is 185 cm³/mol. The second-order valence-electron chi connectivity index (χ2n) is 11.4. The second kappa shape index (κ2) is 16.4. The molecule has 248 valence electrons. The molecule has 4 aromatic rings. The van der Waals surface area contributed by atoms with Gasteiger partial charge in [0.2, 0.25) is 0 Å². The Morgan fingerprint density at radius 2 is 1.67 bits per heavy atom. The molecule has 48 heavy (non-hydrogen) atoms. The molecule has 0 bridgehead atoms. The highest BCUT2D eigenvalue weighted by Gasteiger charge is 2.23. The highest BCUT2D eigenvalue weighted by Crippen LogP contribution is 2.37. The number of nitrogen functional groups attached to an aromatic ring is 1. The summed E-state index contributed by atoms with van der Waals surface area (Å²) in [6.45, 7) is 5.28. The predicted octanol–water partition coefficient (Wildman–Crippen LogP) is 6.51. The minimum absolute atomic E-state index is 0.0128. The zero-order chi connectivity index (χ0) is 34.8. The second-order valence-corrected chi connectivity index (χ2v) is 13.6. The number of carbonyl (C=O) groups excluding carboxylic acids is 2. The number of anilines is 1. The fraction of sp³-hybridized carbons (Fsp3) is 0.294. The third-order valence-corrected chi connectivity index (χ3v) is 8.74. The zero-order valence-corrected chi connectivity index (χ0v) is 28.9. The topological polar surface area (TPSA) is 187 Å². The standard InChI is InChI=1S/C34H33ClN6O5S2/c1-34(2,3)46-33(43)27(38)12-13-28(42)45-15-14-44-24-10-6-20(7-11-24)29-25(16-36)30(39)41-32(26(29)17-37)48-19-23-18-47-31(40-23)21-4-8-22(35)9-5-21/h4-11,18,27H,12-15,19,38H2,1-3H3,(H2,39,41). The number of thioether (sulfide) groups is 1. The van der Waals surface area contributed by atoms with Gasteiger partial charge in [0.1, 0.15) is 64.2 Å². The van der Waals surface area contributed by atoms with Crippen molar-refractivity contribution in [3.05, 3.63) is 75.8 Å². The Balaban J connectivity index is 1.36. The van der Waals surface area contributed by atoms with E-state index in [-0.39, 0.29) is 43.0 Å². The van der Waals surface area contributed by atoms with Gasteiger partial charge in [-0.05, 0) is 57.0 Å². The molecule has 0 saturated heterocycles. The van der Waals surface area contributed by atoms with E-state index in [4.69, 9.17) is 42.3 Å². The van der Waals surface area contributed by atoms with E-state index in [2.05, 4.69) is 17.1 Å². The van der Waals surface area contributed by atoms with Crippen molar-refractivity contribution in [3.8, 4) is 39.6 Å². The molecule has 4 rings (SSSR count). The molecule has 0 aliphatic rings. The Labute approximate surface area is 291 Å². The summed E-state index contributed by atoms with van der Waals surface area (Å²) in [4.78, 5) is 33.1. The van der Waals surface area contributed by atoms with Gasteiger partial charge in [-0.2, -0.15) is 10.5 Å². The number of benzene rings is 2. The lowest BCUT2D eigenvalue weighted by Gasteiger charge is -2.22. The molecule has 0 spiro atoms. The van der Waals surface area contributed by atoms with Crippen LogP contribution in [-0.2, 0) is 24.8 Å². The molecule has 0 saturated carbocycles. The van der Waals surface area contributed by atoms with Gasteiger partial charge in [-0.3, -0.25) is 9.59 Å². The lowest BCUT2D eigenvalue weighted by atomic mass is 9.97. The minimum Gasteiger partial charge on any atom is -0.490 e. The highest BCUT2D eigenvalue weighted by molar-refractivity contribution is 7.98. The largest absolute Gasteiger partial charge is 0.490 e. The number of hydrogen-bond acceptors (Lipinski definition) is 13. The summed E-state index contributed by atoms with van der Waals surface area (Å²) < 4.78 is 16.1. The maximum atomic E-state index is 12.1. The van der Waals surface area contributed by atoms with Crippen molar-refractivity contribution in [1.82, 2.24) is 9.97 Å². The van der Waals surface area contributed by atoms with Gasteiger partial charge >= 0.3 is 11.9 Å². The van der Waals surface area contributed by atoms with Crippen LogP contribution in [-0.4, -0.2) is 46.8 Å². The third kappa shape index (κ3) is 9.92. The Bertz CT molecular complexity index is 1840. The number of thiazole rings is 1. The summed E-state index contributed by atoms with van der Waals surface area (Å²) in [5.74, 6) is -0.152. The summed E-state index contributed by atoms with van der Waals surface area (Å²) in [5, 5.41) is 23.9. The maximum absolute atomic E-state index is 12.1. The molecule has 0 amide bonds. The molecule has 0 fully saturated rings. The molecule has 2 aromatic heterocycles. The van der Waals surface area contributed by atoms with E-state index < -0.39 is 23.6 Å². The lowest BCUT2D eigenvalue weighted by Crippen LogP contribution is -2.37. The van der Waals surface area contributed by atoms with Gasteiger partial charge < -0.3 is 25.7 Å². The fourth-order valence-electron chi connectivity index (χ4n) is 4.31. The first kappa shape index (κ1) is 36.2. The van der Waals surface area contributed by atoms with Crippen LogP contribution in [0.1, 0.15) is 50.4 Å². The molecule has 0 radical (unpaired) electrons. The van der Waals surface area contributed by atoms with Crippen LogP contribution >= 0.6 is 34.7 Å². The van der Waals surface area contributed by atoms with E-state index in [0.717, 1.165) is 16.3 Å². The lowest BCUT2D eigenvalue weighted by molar-refractivity contribution is -0.156. The van der Waals surface area contributed by atoms with Crippen LogP contribution < -0.4 is 16.2 Å². The quantitative estimate of drug-likeness (QED) is 0.0873. The number of nitrogens with zero attached hydrogens (tertiary/aromatic N) is 4. The van der Waals surface area contributed by atoms with Crippen molar-refractivity contribution in [2.24, 2.45) is 5.73 Å². The van der Waals surface area contributed by atoms with E-state index in [1.54, 1.807) is 45.0 Å². The zero-order valence-electron chi connectivity index (χ0n) is 26.5. The number of nitrogens with two attached hydrogens (primary N) is 2. The van der Waals surface area contributed by atoms with Crippen LogP contribution in [0.25, 0.3) is 21.7 Å². The molecule has 14 heteroatoms. The molecule has 0 aliphatic carbocycles. The number of rotatable bonds is 13. The number of aromatic nitrogens is 2. The molecular weight excluding hydrogens is 672 g/mol. The molecule has 4 N–H and O–H groups in total. The van der Waals surface area contributed by atoms with Crippen LogP contribution in [0.3, 0.4) is 0 Å². The van der Waals surface area contributed by atoms with Gasteiger partial charge in [0, 0.05) is 33.7 Å². The Morgan fingerprint density at radius 1 is 1.00 bits per heavy atom. The van der Waals surface area contributed by atoms with E-state index in [1.165, 1.54) is 23.1 Å². The molecule has 11 nitrogen and oxygen atoms in total. The normalized spacial score (nSPS) is 11.6. The number of halogens is 1. The number of carbonyl (C=O) groups is 2. The summed E-state index contributed by atoms with van der Waals surface area (Å²) in [7, 11) is 0. The SMILES string of the molecule is CC(C)(C)OC(=O)C(N)CCC(=O)OCCOc1ccc(-c2c(C#N)c(N)nc(SCc3csc(-c4ccc(Cl)cc4)n3)c2C#N)cc1. The molecule has 1 atom stereocenters. The van der Waals surface area contributed by atoms with E-state index >= 15 is 0 Å². The molecular formula is C34H33ClN6O5S2. The van der Waals surface area contributed by atoms with Gasteiger partial charge in [-0.15, -0.1) is 11.3 Å². The Hall–Kier alpha value is -4.66. The van der Waals surface area contributed by atoms with Gasteiger partial charge in [0.15, 0.2) is 0 Å². The minimum atomic E-state index is -0.924. The average Bonchev–Trinajstić information content (AvgIpc) is 3.53. The van der Waals surface area contributed by atoms with Crippen molar-refractivity contribution in [2.75, 3.05) is 18.9 Å². The van der Waals surface area contributed by atoms with Crippen molar-refractivity contribution in [3.63, 3.8) is 0 Å². The Morgan fingerprint density at radius 3 is 2.31 bits per heavy atom. The first-order valence-electron chi connectivity index (χ1n) is 14.7. The number of nitriles is 2. The summed E-state index contributed by atoms with van der Waals surface area (Å²) in [6.07, 6.45) is 0.0580. The summed E-state index contributed by atoms with van der Waals surface area (Å²) in [5.41, 5.74) is 14.4. The van der Waals surface area contributed by atoms with Gasteiger partial charge in [0.25, 0.3) is 0 Å². The fourth-order valence-corrected chi connectivity index (χ4v) is 6.25. The number of esters is 2. The van der Waals surface area contributed by atoms with Crippen LogP contribution in [0.5, 0.6) is 5.75 Å². The number of pyridine rings is 1. The van der Waals surface area contributed by atoms with Crippen molar-refractivity contribution in [1.29, 1.82) is 10.5 Å². The number of ether oxygens (including phenoxy) is 3. The molecule has 2 aromatic carbocycles. The van der Waals surface area contributed by atoms with E-state index in [0.29, 0.717) is 32.7 Å². The first-order valence-corrected chi connectivity index (χ1v) is 17.0. The van der Waals surface area contributed by atoms with E-state index in [1.807, 2.05) is 29.6 Å². The van der Waals surface area contributed by atoms with Crippen LogP contribution in [0.15, 0.2) is 58.9 Å². The maximum Gasteiger partial charge on any atom is 0.323 e. The summed E-state index contributed by atoms with van der Waals surface area (Å²) >= 11 is 8.81. The van der Waals surface area contributed by atoms with Crippen LogP contribution in [0.2, 0.25) is 5.02 Å². The third-order valence-electron chi connectivity index (χ3n) is 6.54. The molecule has 2 heterocycles. The smallest absolute Gasteiger partial charge is 0.323 e. The summed E-state index contributed by atoms with van der Waals surface area (Å²) in [6, 6.07) is 17.6. The molecule has 0 aliphatic heterocycles. The van der Waals surface area contributed by atoms with Crippen LogP contribution in [0.4, 0.5) is 5.82 Å². The van der Waals surface area contributed by atoms with Gasteiger partial charge in [0.05, 0.1) is 11.3 Å².